The first-order valence-corrected chi connectivity index (χ1v) is 5.42. The highest BCUT2D eigenvalue weighted by Crippen LogP contribution is 2.11. The third kappa shape index (κ3) is 2.97. The van der Waals surface area contributed by atoms with Gasteiger partial charge in [-0.05, 0) is 12.1 Å². The van der Waals surface area contributed by atoms with Crippen molar-refractivity contribution in [2.45, 2.75) is 6.42 Å². The molecule has 0 unspecified atom stereocenters. The highest BCUT2D eigenvalue weighted by Gasteiger charge is 2.05. The van der Waals surface area contributed by atoms with Crippen molar-refractivity contribution in [1.82, 2.24) is 15.1 Å². The third-order valence-electron chi connectivity index (χ3n) is 2.10. The van der Waals surface area contributed by atoms with E-state index in [0.717, 1.165) is 5.69 Å². The molecule has 0 fully saturated rings. The van der Waals surface area contributed by atoms with Crippen LogP contribution in [-0.4, -0.2) is 26.7 Å². The zero-order valence-corrected chi connectivity index (χ0v) is 9.78. The monoisotopic (exact) mass is 249 g/mol. The largest absolute Gasteiger partial charge is 0.388 e. The van der Waals surface area contributed by atoms with Crippen LogP contribution in [-0.2, 0) is 6.42 Å². The number of nitrogens with two attached hydrogens (primary N) is 1. The normalized spacial score (nSPS) is 10.1. The van der Waals surface area contributed by atoms with Crippen molar-refractivity contribution in [1.29, 1.82) is 0 Å². The second-order valence-electron chi connectivity index (χ2n) is 3.28. The highest BCUT2D eigenvalue weighted by molar-refractivity contribution is 7.80. The fourth-order valence-corrected chi connectivity index (χ4v) is 1.52. The number of nitrogens with one attached hydrogen (secondary N) is 1. The zero-order chi connectivity index (χ0) is 12.1. The maximum atomic E-state index is 5.57. The molecule has 0 radical (unpaired) electrons. The number of anilines is 1. The van der Waals surface area contributed by atoms with Crippen molar-refractivity contribution in [2.75, 3.05) is 11.9 Å². The summed E-state index contributed by atoms with van der Waals surface area (Å²) in [4.78, 5) is 8.30. The van der Waals surface area contributed by atoms with Crippen LogP contribution in [0.3, 0.4) is 0 Å². The average molecular weight is 249 g/mol. The standard InChI is InChI=1S/C10H11N5OS/c11-10(17)9-7(2-1-4-13-9)12-5-3-8-14-6-15-16-8/h1-2,4,6,12H,3,5H2,(H2,11,17). The predicted octanol–water partition coefficient (Wildman–Crippen LogP) is 0.753. The lowest BCUT2D eigenvalue weighted by molar-refractivity contribution is 0.380. The fourth-order valence-electron chi connectivity index (χ4n) is 1.35. The van der Waals surface area contributed by atoms with Crippen molar-refractivity contribution in [3.8, 4) is 0 Å². The summed E-state index contributed by atoms with van der Waals surface area (Å²) in [5, 5.41) is 6.70. The number of pyridine rings is 1. The van der Waals surface area contributed by atoms with Crippen LogP contribution in [0.15, 0.2) is 29.2 Å². The number of nitrogens with zero attached hydrogens (tertiary/aromatic N) is 3. The van der Waals surface area contributed by atoms with E-state index in [-0.39, 0.29) is 4.99 Å². The van der Waals surface area contributed by atoms with E-state index >= 15 is 0 Å². The van der Waals surface area contributed by atoms with E-state index in [2.05, 4.69) is 20.4 Å². The van der Waals surface area contributed by atoms with E-state index in [1.54, 1.807) is 6.20 Å². The van der Waals surface area contributed by atoms with E-state index in [1.807, 2.05) is 12.1 Å². The Morgan fingerprint density at radius 3 is 3.06 bits per heavy atom. The number of hydrogen-bond acceptors (Lipinski definition) is 6. The molecule has 0 saturated carbocycles. The Hall–Kier alpha value is -2.02. The van der Waals surface area contributed by atoms with Crippen LogP contribution in [0, 0.1) is 0 Å². The van der Waals surface area contributed by atoms with E-state index in [1.165, 1.54) is 6.33 Å². The lowest BCUT2D eigenvalue weighted by Gasteiger charge is -2.08. The van der Waals surface area contributed by atoms with Crippen molar-refractivity contribution < 1.29 is 4.52 Å². The van der Waals surface area contributed by atoms with Gasteiger partial charge in [-0.1, -0.05) is 17.4 Å². The second-order valence-corrected chi connectivity index (χ2v) is 3.72. The van der Waals surface area contributed by atoms with Crippen molar-refractivity contribution in [3.05, 3.63) is 36.2 Å². The molecule has 7 heteroatoms. The van der Waals surface area contributed by atoms with Gasteiger partial charge in [0.1, 0.15) is 10.7 Å². The highest BCUT2D eigenvalue weighted by atomic mass is 32.1. The summed E-state index contributed by atoms with van der Waals surface area (Å²) < 4.78 is 4.88. The van der Waals surface area contributed by atoms with Gasteiger partial charge in [0.2, 0.25) is 5.89 Å². The molecule has 2 rings (SSSR count). The van der Waals surface area contributed by atoms with Gasteiger partial charge in [-0.2, -0.15) is 4.98 Å². The molecule has 0 atom stereocenters. The first-order valence-electron chi connectivity index (χ1n) is 5.01. The van der Waals surface area contributed by atoms with Gasteiger partial charge in [0, 0.05) is 19.2 Å². The number of thiocarbonyl (C=S) groups is 1. The summed E-state index contributed by atoms with van der Waals surface area (Å²) in [6, 6.07) is 3.69. The Bertz CT molecular complexity index is 499. The Labute approximate surface area is 103 Å². The summed E-state index contributed by atoms with van der Waals surface area (Å²) in [6.07, 6.45) is 3.66. The Kier molecular flexibility index (Phi) is 3.61. The molecule has 0 aliphatic heterocycles. The van der Waals surface area contributed by atoms with Crippen LogP contribution in [0.2, 0.25) is 0 Å². The number of rotatable bonds is 5. The van der Waals surface area contributed by atoms with Crippen molar-refractivity contribution in [2.24, 2.45) is 5.73 Å². The first kappa shape index (κ1) is 11.5. The number of hydrogen-bond donors (Lipinski definition) is 2. The minimum atomic E-state index is 0.269. The van der Waals surface area contributed by atoms with Gasteiger partial charge >= 0.3 is 0 Å². The van der Waals surface area contributed by atoms with Crippen LogP contribution in [0.25, 0.3) is 0 Å². The Morgan fingerprint density at radius 1 is 1.47 bits per heavy atom. The van der Waals surface area contributed by atoms with Gasteiger partial charge in [0.05, 0.1) is 5.69 Å². The van der Waals surface area contributed by atoms with Gasteiger partial charge in [-0.3, -0.25) is 4.98 Å². The van der Waals surface area contributed by atoms with E-state index in [0.29, 0.717) is 24.6 Å². The van der Waals surface area contributed by atoms with Crippen LogP contribution in [0.1, 0.15) is 11.6 Å². The summed E-state index contributed by atoms with van der Waals surface area (Å²) in [5.41, 5.74) is 6.96. The molecule has 0 bridgehead atoms. The molecule has 17 heavy (non-hydrogen) atoms. The van der Waals surface area contributed by atoms with Crippen LogP contribution >= 0.6 is 12.2 Å². The molecule has 0 spiro atoms. The molecule has 88 valence electrons. The van der Waals surface area contributed by atoms with Gasteiger partial charge < -0.3 is 15.6 Å². The minimum Gasteiger partial charge on any atom is -0.388 e. The molecule has 0 aliphatic carbocycles. The molecular formula is C10H11N5OS. The lowest BCUT2D eigenvalue weighted by Crippen LogP contribution is -2.16. The van der Waals surface area contributed by atoms with E-state index < -0.39 is 0 Å². The van der Waals surface area contributed by atoms with Crippen molar-refractivity contribution >= 4 is 22.9 Å². The van der Waals surface area contributed by atoms with Gasteiger partial charge in [-0.15, -0.1) is 0 Å². The molecule has 2 aromatic rings. The van der Waals surface area contributed by atoms with Crippen LogP contribution < -0.4 is 11.1 Å². The average Bonchev–Trinajstić information content (AvgIpc) is 2.82. The molecule has 0 amide bonds. The van der Waals surface area contributed by atoms with Gasteiger partial charge in [-0.25, -0.2) is 0 Å². The maximum absolute atomic E-state index is 5.57. The molecule has 6 nitrogen and oxygen atoms in total. The van der Waals surface area contributed by atoms with Gasteiger partial charge in [0.15, 0.2) is 6.33 Å². The van der Waals surface area contributed by atoms with Crippen LogP contribution in [0.5, 0.6) is 0 Å². The van der Waals surface area contributed by atoms with E-state index in [9.17, 15) is 0 Å². The summed E-state index contributed by atoms with van der Waals surface area (Å²) in [5.74, 6) is 0.582. The zero-order valence-electron chi connectivity index (χ0n) is 8.96. The first-order chi connectivity index (χ1) is 8.27. The third-order valence-corrected chi connectivity index (χ3v) is 2.30. The fraction of sp³-hybridized carbons (Fsp3) is 0.200. The molecule has 2 heterocycles. The lowest BCUT2D eigenvalue weighted by atomic mass is 10.3. The molecule has 0 aromatic carbocycles. The molecule has 3 N–H and O–H groups in total. The Balaban J connectivity index is 1.97. The molecule has 0 saturated heterocycles. The predicted molar refractivity (Wildman–Crippen MR) is 66.6 cm³/mol. The second kappa shape index (κ2) is 5.35. The molecule has 2 aromatic heterocycles. The van der Waals surface area contributed by atoms with E-state index in [4.69, 9.17) is 22.5 Å². The van der Waals surface area contributed by atoms with Crippen LogP contribution in [0.4, 0.5) is 5.69 Å². The van der Waals surface area contributed by atoms with Crippen molar-refractivity contribution in [3.63, 3.8) is 0 Å². The quantitative estimate of drug-likeness (QED) is 0.756. The molecular weight excluding hydrogens is 238 g/mol. The summed E-state index contributed by atoms with van der Waals surface area (Å²) >= 11 is 4.91. The Morgan fingerprint density at radius 2 is 2.35 bits per heavy atom. The molecule has 0 aliphatic rings. The minimum absolute atomic E-state index is 0.269. The smallest absolute Gasteiger partial charge is 0.228 e. The number of aromatic nitrogens is 3. The topological polar surface area (TPSA) is 89.9 Å². The summed E-state index contributed by atoms with van der Waals surface area (Å²) in [7, 11) is 0. The maximum Gasteiger partial charge on any atom is 0.228 e. The van der Waals surface area contributed by atoms with Gasteiger partial charge in [0.25, 0.3) is 0 Å². The summed E-state index contributed by atoms with van der Waals surface area (Å²) in [6.45, 7) is 0.642. The SMILES string of the molecule is NC(=S)c1ncccc1NCCc1ncno1.